The number of carbonyl (C=O) groups is 1. The molecule has 0 unspecified atom stereocenters. The topological polar surface area (TPSA) is 81.9 Å². The minimum atomic E-state index is -4.75. The van der Waals surface area contributed by atoms with Crippen LogP contribution >= 0.6 is 35.6 Å². The lowest BCUT2D eigenvalue weighted by Gasteiger charge is -2.14. The number of hydrogen-bond acceptors (Lipinski definition) is 7. The average molecular weight is 567 g/mol. The Morgan fingerprint density at radius 1 is 1.05 bits per heavy atom. The van der Waals surface area contributed by atoms with Crippen LogP contribution in [0.4, 0.5) is 24.5 Å². The summed E-state index contributed by atoms with van der Waals surface area (Å²) in [4.78, 5) is 25.1. The summed E-state index contributed by atoms with van der Waals surface area (Å²) in [5.74, 6) is -0.572. The monoisotopic (exact) mass is 566 g/mol. The zero-order valence-corrected chi connectivity index (χ0v) is 21.0. The van der Waals surface area contributed by atoms with Crippen LogP contribution in [0.2, 0.25) is 5.02 Å². The van der Waals surface area contributed by atoms with Gasteiger partial charge in [0.1, 0.15) is 0 Å². The number of halogens is 4. The molecule has 13 heteroatoms. The highest BCUT2D eigenvalue weighted by molar-refractivity contribution is 8.27. The Bertz CT molecular complexity index is 1450. The number of hydrogen-bond donors (Lipinski definition) is 0. The van der Waals surface area contributed by atoms with Crippen LogP contribution < -0.4 is 14.4 Å². The van der Waals surface area contributed by atoms with Crippen molar-refractivity contribution in [2.24, 2.45) is 0 Å². The molecule has 1 heterocycles. The van der Waals surface area contributed by atoms with E-state index >= 15 is 0 Å². The third-order valence-electron chi connectivity index (χ3n) is 5.07. The van der Waals surface area contributed by atoms with Gasteiger partial charge in [-0.15, -0.1) is 0 Å². The molecule has 0 spiro atoms. The Balaban J connectivity index is 1.61. The SMILES string of the molecule is COc1cc(/C=C2\SC(=S)N(c3ccc(Cl)cc3)C2=O)ccc1Oc1ccc(C(F)(F)F)cc1[N+](=O)[O-]. The largest absolute Gasteiger partial charge is 0.493 e. The fraction of sp³-hybridized carbons (Fsp3) is 0.0833. The minimum Gasteiger partial charge on any atom is -0.493 e. The number of ether oxygens (including phenoxy) is 2. The number of anilines is 1. The fourth-order valence-corrected chi connectivity index (χ4v) is 4.76. The molecule has 1 aliphatic rings. The highest BCUT2D eigenvalue weighted by Crippen LogP contribution is 2.41. The number of nitro groups is 1. The molecule has 3 aromatic carbocycles. The van der Waals surface area contributed by atoms with E-state index in [-0.39, 0.29) is 17.4 Å². The van der Waals surface area contributed by atoms with Crippen molar-refractivity contribution in [1.29, 1.82) is 0 Å². The summed E-state index contributed by atoms with van der Waals surface area (Å²) in [5, 5.41) is 11.9. The number of nitro benzene ring substituents is 1. The van der Waals surface area contributed by atoms with Crippen molar-refractivity contribution in [3.63, 3.8) is 0 Å². The summed E-state index contributed by atoms with van der Waals surface area (Å²) in [5.41, 5.74) is -0.936. The Morgan fingerprint density at radius 2 is 1.73 bits per heavy atom. The van der Waals surface area contributed by atoms with E-state index in [0.29, 0.717) is 37.6 Å². The van der Waals surface area contributed by atoms with E-state index in [4.69, 9.17) is 33.3 Å². The maximum atomic E-state index is 13.0. The Labute approximate surface area is 222 Å². The molecule has 0 saturated carbocycles. The number of methoxy groups -OCH3 is 1. The van der Waals surface area contributed by atoms with Crippen LogP contribution in [0.3, 0.4) is 0 Å². The first-order chi connectivity index (χ1) is 17.5. The van der Waals surface area contributed by atoms with Crippen LogP contribution in [0, 0.1) is 10.1 Å². The zero-order chi connectivity index (χ0) is 26.9. The van der Waals surface area contributed by atoms with Gasteiger partial charge in [0.2, 0.25) is 5.75 Å². The van der Waals surface area contributed by atoms with Gasteiger partial charge in [0, 0.05) is 11.1 Å². The van der Waals surface area contributed by atoms with Gasteiger partial charge >= 0.3 is 11.9 Å². The molecule has 1 aliphatic heterocycles. The molecule has 7 nitrogen and oxygen atoms in total. The summed E-state index contributed by atoms with van der Waals surface area (Å²) < 4.78 is 50.1. The van der Waals surface area contributed by atoms with Gasteiger partial charge < -0.3 is 9.47 Å². The highest BCUT2D eigenvalue weighted by Gasteiger charge is 2.34. The van der Waals surface area contributed by atoms with Crippen LogP contribution in [-0.4, -0.2) is 22.3 Å². The third kappa shape index (κ3) is 5.71. The molecule has 37 heavy (non-hydrogen) atoms. The van der Waals surface area contributed by atoms with Gasteiger partial charge in [0.25, 0.3) is 5.91 Å². The predicted molar refractivity (Wildman–Crippen MR) is 138 cm³/mol. The van der Waals surface area contributed by atoms with E-state index in [2.05, 4.69) is 0 Å². The normalized spacial score (nSPS) is 14.8. The summed E-state index contributed by atoms with van der Waals surface area (Å²) in [7, 11) is 1.33. The van der Waals surface area contributed by atoms with Gasteiger partial charge in [-0.3, -0.25) is 19.8 Å². The quantitative estimate of drug-likeness (QED) is 0.132. The van der Waals surface area contributed by atoms with E-state index in [0.717, 1.165) is 17.8 Å². The molecule has 0 atom stereocenters. The Morgan fingerprint density at radius 3 is 2.35 bits per heavy atom. The summed E-state index contributed by atoms with van der Waals surface area (Å²) >= 11 is 12.4. The van der Waals surface area contributed by atoms with E-state index in [1.165, 1.54) is 24.1 Å². The van der Waals surface area contributed by atoms with Crippen LogP contribution in [0.25, 0.3) is 6.08 Å². The minimum absolute atomic E-state index is 0.0243. The number of rotatable bonds is 6. The maximum absolute atomic E-state index is 13.0. The van der Waals surface area contributed by atoms with Crippen LogP contribution in [0.5, 0.6) is 17.2 Å². The van der Waals surface area contributed by atoms with Crippen LogP contribution in [0.15, 0.2) is 65.6 Å². The number of benzene rings is 3. The Kier molecular flexibility index (Phi) is 7.44. The second-order valence-electron chi connectivity index (χ2n) is 7.44. The van der Waals surface area contributed by atoms with E-state index < -0.39 is 28.1 Å². The van der Waals surface area contributed by atoms with Crippen molar-refractivity contribution in [2.75, 3.05) is 12.0 Å². The van der Waals surface area contributed by atoms with Crippen molar-refractivity contribution < 1.29 is 32.4 Å². The molecule has 0 aromatic heterocycles. The highest BCUT2D eigenvalue weighted by atomic mass is 35.5. The fourth-order valence-electron chi connectivity index (χ4n) is 3.33. The van der Waals surface area contributed by atoms with Crippen molar-refractivity contribution in [1.82, 2.24) is 0 Å². The molecule has 1 amide bonds. The van der Waals surface area contributed by atoms with E-state index in [9.17, 15) is 28.1 Å². The standard InChI is InChI=1S/C24H14ClF3N2O5S2/c1-34-20-10-13(11-21-22(31)29(23(36)37-21)16-6-4-15(25)5-7-16)2-8-19(20)35-18-9-3-14(24(26,27)28)12-17(18)30(32)33/h2-12H,1H3/b21-11-. The second-order valence-corrected chi connectivity index (χ2v) is 9.56. The number of alkyl halides is 3. The van der Waals surface area contributed by atoms with Crippen molar-refractivity contribution in [3.05, 3.63) is 91.8 Å². The predicted octanol–water partition coefficient (Wildman–Crippen LogP) is 7.47. The van der Waals surface area contributed by atoms with Crippen LogP contribution in [0.1, 0.15) is 11.1 Å². The van der Waals surface area contributed by atoms with Gasteiger partial charge in [0.05, 0.1) is 28.2 Å². The Hall–Kier alpha value is -3.61. The summed E-state index contributed by atoms with van der Waals surface area (Å²) in [6.45, 7) is 0. The lowest BCUT2D eigenvalue weighted by Crippen LogP contribution is -2.27. The van der Waals surface area contributed by atoms with Gasteiger partial charge in [0.15, 0.2) is 15.8 Å². The third-order valence-corrected chi connectivity index (χ3v) is 6.62. The zero-order valence-electron chi connectivity index (χ0n) is 18.6. The molecule has 190 valence electrons. The number of carbonyl (C=O) groups excluding carboxylic acids is 1. The van der Waals surface area contributed by atoms with Gasteiger partial charge in [-0.05, 0) is 60.2 Å². The first-order valence-corrected chi connectivity index (χ1v) is 11.8. The van der Waals surface area contributed by atoms with E-state index in [1.807, 2.05) is 0 Å². The molecule has 0 N–H and O–H groups in total. The molecule has 0 bridgehead atoms. The molecular formula is C24H14ClF3N2O5S2. The van der Waals surface area contributed by atoms with Gasteiger partial charge in [-0.1, -0.05) is 41.6 Å². The van der Waals surface area contributed by atoms with Crippen molar-refractivity contribution >= 4 is 63.3 Å². The lowest BCUT2D eigenvalue weighted by molar-refractivity contribution is -0.385. The van der Waals surface area contributed by atoms with E-state index in [1.54, 1.807) is 36.4 Å². The first kappa shape index (κ1) is 26.5. The molecule has 0 aliphatic carbocycles. The van der Waals surface area contributed by atoms with Crippen molar-refractivity contribution in [2.45, 2.75) is 6.18 Å². The van der Waals surface area contributed by atoms with Crippen molar-refractivity contribution in [3.8, 4) is 17.2 Å². The molecule has 0 radical (unpaired) electrons. The average Bonchev–Trinajstić information content (AvgIpc) is 3.12. The molecule has 4 rings (SSSR count). The summed E-state index contributed by atoms with van der Waals surface area (Å²) in [6, 6.07) is 13.1. The number of thiocarbonyl (C=S) groups is 1. The van der Waals surface area contributed by atoms with Crippen LogP contribution in [-0.2, 0) is 11.0 Å². The molecular weight excluding hydrogens is 553 g/mol. The molecule has 1 saturated heterocycles. The lowest BCUT2D eigenvalue weighted by atomic mass is 10.1. The molecule has 3 aromatic rings. The smallest absolute Gasteiger partial charge is 0.416 e. The second kappa shape index (κ2) is 10.4. The maximum Gasteiger partial charge on any atom is 0.416 e. The van der Waals surface area contributed by atoms with Gasteiger partial charge in [-0.2, -0.15) is 13.2 Å². The molecule has 1 fully saturated rings. The number of nitrogens with zero attached hydrogens (tertiary/aromatic N) is 2. The summed E-state index contributed by atoms with van der Waals surface area (Å²) in [6.07, 6.45) is -3.17. The number of amides is 1. The first-order valence-electron chi connectivity index (χ1n) is 10.2. The number of thioether (sulfide) groups is 1. The van der Waals surface area contributed by atoms with Gasteiger partial charge in [-0.25, -0.2) is 0 Å².